The number of hydrogen-bond donors (Lipinski definition) is 1. The third-order valence-electron chi connectivity index (χ3n) is 9.19. The van der Waals surface area contributed by atoms with Gasteiger partial charge in [0, 0.05) is 43.7 Å². The smallest absolute Gasteiger partial charge is 0.318 e. The van der Waals surface area contributed by atoms with E-state index >= 15 is 0 Å². The molecule has 3 fully saturated rings. The summed E-state index contributed by atoms with van der Waals surface area (Å²) in [6, 6.07) is 6.60. The number of hydrogen-bond acceptors (Lipinski definition) is 8. The molecule has 1 aromatic carbocycles. The van der Waals surface area contributed by atoms with Crippen LogP contribution in [0.15, 0.2) is 18.2 Å². The van der Waals surface area contributed by atoms with Gasteiger partial charge in [-0.2, -0.15) is 9.97 Å². The molecule has 7 rings (SSSR count). The van der Waals surface area contributed by atoms with Gasteiger partial charge in [-0.1, -0.05) is 6.07 Å². The Kier molecular flexibility index (Phi) is 5.78. The minimum atomic E-state index is -0.784. The Hall–Kier alpha value is -2.49. The van der Waals surface area contributed by atoms with E-state index < -0.39 is 11.8 Å². The monoisotopic (exact) mass is 509 g/mol. The highest BCUT2D eigenvalue weighted by molar-refractivity contribution is 5.54. The maximum absolute atomic E-state index is 14.3. The summed E-state index contributed by atoms with van der Waals surface area (Å²) in [6.07, 6.45) is 5.51. The predicted octanol–water partition coefficient (Wildman–Crippen LogP) is 3.16. The number of aryl methyl sites for hydroxylation is 1. The van der Waals surface area contributed by atoms with Gasteiger partial charge in [0.1, 0.15) is 18.6 Å². The first-order valence-electron chi connectivity index (χ1n) is 13.8. The van der Waals surface area contributed by atoms with Crippen molar-refractivity contribution in [2.45, 2.75) is 68.9 Å². The maximum atomic E-state index is 14.3. The van der Waals surface area contributed by atoms with Crippen LogP contribution in [-0.2, 0) is 34.5 Å². The second-order valence-electron chi connectivity index (χ2n) is 11.4. The standard InChI is InChI=1S/C28H36FN5O3/c29-20-14-27(6-2-8-34(27)16-20)18-36-26-31-24-15-28(7-1-3-19-4-5-21(30)13-23(19)28)37-17-22(24)25(32-26)33-9-11-35-12-10-33/h4-5,13,20H,1-3,6-12,14-18,30H2/t20-,27+,28+/m1/s1. The molecule has 3 atom stereocenters. The van der Waals surface area contributed by atoms with E-state index in [0.717, 1.165) is 74.5 Å². The molecular formula is C28H36FN5O3. The highest BCUT2D eigenvalue weighted by Gasteiger charge is 2.49. The zero-order chi connectivity index (χ0) is 25.0. The van der Waals surface area contributed by atoms with Crippen molar-refractivity contribution in [3.8, 4) is 6.01 Å². The molecule has 0 radical (unpaired) electrons. The van der Waals surface area contributed by atoms with Crippen LogP contribution < -0.4 is 15.4 Å². The number of halogens is 1. The minimum Gasteiger partial charge on any atom is -0.461 e. The van der Waals surface area contributed by atoms with Crippen molar-refractivity contribution in [1.29, 1.82) is 0 Å². The van der Waals surface area contributed by atoms with Crippen molar-refractivity contribution >= 4 is 11.5 Å². The van der Waals surface area contributed by atoms with Crippen LogP contribution in [0.4, 0.5) is 15.9 Å². The number of nitrogen functional groups attached to an aromatic ring is 1. The second-order valence-corrected chi connectivity index (χ2v) is 11.4. The third kappa shape index (κ3) is 4.06. The van der Waals surface area contributed by atoms with Gasteiger partial charge in [-0.25, -0.2) is 4.39 Å². The quantitative estimate of drug-likeness (QED) is 0.630. The van der Waals surface area contributed by atoms with Crippen molar-refractivity contribution in [3.05, 3.63) is 40.6 Å². The largest absolute Gasteiger partial charge is 0.461 e. The van der Waals surface area contributed by atoms with E-state index in [2.05, 4.69) is 21.9 Å². The average Bonchev–Trinajstić information content (AvgIpc) is 3.43. The van der Waals surface area contributed by atoms with E-state index in [9.17, 15) is 4.39 Å². The van der Waals surface area contributed by atoms with E-state index in [-0.39, 0.29) is 5.54 Å². The zero-order valence-electron chi connectivity index (χ0n) is 21.4. The summed E-state index contributed by atoms with van der Waals surface area (Å²) in [4.78, 5) is 14.4. The van der Waals surface area contributed by atoms with Gasteiger partial charge in [0.2, 0.25) is 0 Å². The van der Waals surface area contributed by atoms with Crippen molar-refractivity contribution < 1.29 is 18.6 Å². The van der Waals surface area contributed by atoms with E-state index in [4.69, 9.17) is 29.9 Å². The molecule has 37 heavy (non-hydrogen) atoms. The van der Waals surface area contributed by atoms with Gasteiger partial charge >= 0.3 is 6.01 Å². The highest BCUT2D eigenvalue weighted by atomic mass is 19.1. The number of fused-ring (bicyclic) bond motifs is 4. The van der Waals surface area contributed by atoms with E-state index in [1.807, 2.05) is 6.07 Å². The van der Waals surface area contributed by atoms with E-state index in [1.165, 1.54) is 11.1 Å². The molecule has 4 aliphatic heterocycles. The molecule has 1 aromatic heterocycles. The van der Waals surface area contributed by atoms with Crippen molar-refractivity contribution in [2.75, 3.05) is 56.6 Å². The lowest BCUT2D eigenvalue weighted by molar-refractivity contribution is -0.0855. The number of rotatable bonds is 4. The predicted molar refractivity (Wildman–Crippen MR) is 138 cm³/mol. The molecule has 2 N–H and O–H groups in total. The molecule has 1 aliphatic carbocycles. The van der Waals surface area contributed by atoms with Crippen LogP contribution >= 0.6 is 0 Å². The fourth-order valence-electron chi connectivity index (χ4n) is 7.34. The summed E-state index contributed by atoms with van der Waals surface area (Å²) in [5, 5.41) is 0. The van der Waals surface area contributed by atoms with Crippen molar-refractivity contribution in [1.82, 2.24) is 14.9 Å². The number of nitrogens with zero attached hydrogens (tertiary/aromatic N) is 4. The fourth-order valence-corrected chi connectivity index (χ4v) is 7.34. The van der Waals surface area contributed by atoms with Gasteiger partial charge in [-0.05, 0) is 61.9 Å². The molecule has 5 aliphatic rings. The Morgan fingerprint density at radius 2 is 2.03 bits per heavy atom. The summed E-state index contributed by atoms with van der Waals surface area (Å²) in [7, 11) is 0. The minimum absolute atomic E-state index is 0.234. The SMILES string of the molecule is Nc1ccc2c(c1)[C@]1(CCC2)Cc2nc(OC[C@@]34CCCN3C[C@H](F)C4)nc(N3CCOCC3)c2CO1. The van der Waals surface area contributed by atoms with Crippen molar-refractivity contribution in [2.24, 2.45) is 0 Å². The summed E-state index contributed by atoms with van der Waals surface area (Å²) in [6.45, 7) is 5.22. The normalized spacial score (nSPS) is 31.3. The molecule has 0 bridgehead atoms. The lowest BCUT2D eigenvalue weighted by Gasteiger charge is -2.43. The first-order chi connectivity index (χ1) is 18.0. The number of benzene rings is 1. The van der Waals surface area contributed by atoms with Gasteiger partial charge in [0.15, 0.2) is 0 Å². The Labute approximate surface area is 217 Å². The number of nitrogens with two attached hydrogens (primary N) is 1. The van der Waals surface area contributed by atoms with Gasteiger partial charge < -0.3 is 24.8 Å². The van der Waals surface area contributed by atoms with Gasteiger partial charge in [0.25, 0.3) is 0 Å². The Morgan fingerprint density at radius 1 is 1.14 bits per heavy atom. The summed E-state index contributed by atoms with van der Waals surface area (Å²) >= 11 is 0. The van der Waals surface area contributed by atoms with E-state index in [0.29, 0.717) is 51.8 Å². The first-order valence-corrected chi connectivity index (χ1v) is 13.8. The number of ether oxygens (including phenoxy) is 3. The van der Waals surface area contributed by atoms with Gasteiger partial charge in [-0.15, -0.1) is 0 Å². The molecule has 198 valence electrons. The molecule has 1 spiro atoms. The molecule has 0 saturated carbocycles. The van der Waals surface area contributed by atoms with Gasteiger partial charge in [0.05, 0.1) is 36.7 Å². The number of aromatic nitrogens is 2. The molecule has 5 heterocycles. The first kappa shape index (κ1) is 23.6. The number of anilines is 2. The van der Waals surface area contributed by atoms with E-state index in [1.54, 1.807) is 0 Å². The average molecular weight is 510 g/mol. The second kappa shape index (κ2) is 9.06. The zero-order valence-corrected chi connectivity index (χ0v) is 21.4. The molecule has 8 nitrogen and oxygen atoms in total. The van der Waals surface area contributed by atoms with Gasteiger partial charge in [-0.3, -0.25) is 4.90 Å². The molecule has 3 saturated heterocycles. The summed E-state index contributed by atoms with van der Waals surface area (Å²) in [5.41, 5.74) is 10.8. The molecular weight excluding hydrogens is 473 g/mol. The van der Waals surface area contributed by atoms with Crippen molar-refractivity contribution in [3.63, 3.8) is 0 Å². The lowest BCUT2D eigenvalue weighted by atomic mass is 9.74. The summed E-state index contributed by atoms with van der Waals surface area (Å²) < 4.78 is 33.0. The van der Waals surface area contributed by atoms with Crippen LogP contribution in [0.1, 0.15) is 54.5 Å². The number of alkyl halides is 1. The Balaban J connectivity index is 1.24. The van der Waals surface area contributed by atoms with Crippen LogP contribution in [0, 0.1) is 0 Å². The lowest BCUT2D eigenvalue weighted by Crippen LogP contribution is -2.44. The van der Waals surface area contributed by atoms with Crippen LogP contribution in [-0.4, -0.2) is 72.6 Å². The third-order valence-corrected chi connectivity index (χ3v) is 9.19. The maximum Gasteiger partial charge on any atom is 0.318 e. The van der Waals surface area contributed by atoms with Crippen LogP contribution in [0.2, 0.25) is 0 Å². The van der Waals surface area contributed by atoms with Crippen LogP contribution in [0.25, 0.3) is 0 Å². The van der Waals surface area contributed by atoms with Crippen LogP contribution in [0.3, 0.4) is 0 Å². The molecule has 2 aromatic rings. The fraction of sp³-hybridized carbons (Fsp3) is 0.643. The highest BCUT2D eigenvalue weighted by Crippen LogP contribution is 2.47. The summed E-state index contributed by atoms with van der Waals surface area (Å²) in [5.74, 6) is 0.886. The topological polar surface area (TPSA) is 86.0 Å². The Bertz CT molecular complexity index is 1190. The number of morpholine rings is 1. The van der Waals surface area contributed by atoms with Crippen LogP contribution in [0.5, 0.6) is 6.01 Å². The Morgan fingerprint density at radius 3 is 2.92 bits per heavy atom. The molecule has 0 amide bonds. The molecule has 9 heteroatoms. The molecule has 0 unspecified atom stereocenters.